The molecule has 0 aliphatic rings. The zero-order valence-electron chi connectivity index (χ0n) is 49.9. The Morgan fingerprint density at radius 3 is 0.833 bits per heavy atom. The van der Waals surface area contributed by atoms with E-state index >= 15 is 0 Å². The third kappa shape index (κ3) is 61.6. The Labute approximate surface area is 479 Å². The van der Waals surface area contributed by atoms with Crippen LogP contribution in [0.5, 0.6) is 0 Å². The lowest BCUT2D eigenvalue weighted by Crippen LogP contribution is -2.30. The molecule has 0 aliphatic carbocycles. The molecule has 0 N–H and O–H groups in total. The Balaban J connectivity index is 4.37. The van der Waals surface area contributed by atoms with Crippen molar-refractivity contribution in [2.24, 2.45) is 0 Å². The monoisotopic (exact) mass is 1070 g/mol. The smallest absolute Gasteiger partial charge is 0.306 e. The molecule has 0 aromatic heterocycles. The van der Waals surface area contributed by atoms with Gasteiger partial charge >= 0.3 is 17.9 Å². The van der Waals surface area contributed by atoms with Gasteiger partial charge in [-0.25, -0.2) is 0 Å². The Hall–Kier alpha value is -5.23. The van der Waals surface area contributed by atoms with Crippen LogP contribution in [-0.4, -0.2) is 37.2 Å². The fourth-order valence-corrected chi connectivity index (χ4v) is 7.88. The Bertz CT molecular complexity index is 1810. The topological polar surface area (TPSA) is 78.9 Å². The molecule has 1 unspecified atom stereocenters. The highest BCUT2D eigenvalue weighted by Gasteiger charge is 2.19. The van der Waals surface area contributed by atoms with E-state index in [1.807, 2.05) is 0 Å². The fraction of sp³-hybridized carbons (Fsp3) is 0.569. The number of hydrogen-bond acceptors (Lipinski definition) is 6. The molecule has 0 saturated carbocycles. The highest BCUT2D eigenvalue weighted by atomic mass is 16.6. The number of rotatable bonds is 54. The van der Waals surface area contributed by atoms with Gasteiger partial charge in [0, 0.05) is 19.3 Å². The van der Waals surface area contributed by atoms with Crippen molar-refractivity contribution >= 4 is 17.9 Å². The van der Waals surface area contributed by atoms with Gasteiger partial charge in [-0.1, -0.05) is 268 Å². The summed E-state index contributed by atoms with van der Waals surface area (Å²) in [6.07, 6.45) is 95.1. The molecule has 0 spiro atoms. The third-order valence-electron chi connectivity index (χ3n) is 12.5. The molecule has 0 saturated heterocycles. The summed E-state index contributed by atoms with van der Waals surface area (Å²) in [6, 6.07) is 0. The minimum Gasteiger partial charge on any atom is -0.462 e. The van der Waals surface area contributed by atoms with E-state index in [0.717, 1.165) is 148 Å². The summed E-state index contributed by atoms with van der Waals surface area (Å²) in [5.74, 6) is -0.993. The van der Waals surface area contributed by atoms with Crippen LogP contribution in [0.15, 0.2) is 170 Å². The molecule has 78 heavy (non-hydrogen) atoms. The van der Waals surface area contributed by atoms with Gasteiger partial charge < -0.3 is 14.2 Å². The number of unbranched alkanes of at least 4 members (excludes halogenated alkanes) is 15. The van der Waals surface area contributed by atoms with Crippen LogP contribution in [-0.2, 0) is 28.6 Å². The minimum absolute atomic E-state index is 0.107. The molecule has 0 radical (unpaired) electrons. The van der Waals surface area contributed by atoms with Crippen molar-refractivity contribution in [3.8, 4) is 0 Å². The summed E-state index contributed by atoms with van der Waals surface area (Å²) >= 11 is 0. The van der Waals surface area contributed by atoms with E-state index in [4.69, 9.17) is 14.2 Å². The Morgan fingerprint density at radius 2 is 0.513 bits per heavy atom. The van der Waals surface area contributed by atoms with Gasteiger partial charge in [-0.2, -0.15) is 0 Å². The van der Waals surface area contributed by atoms with Crippen LogP contribution in [0, 0.1) is 0 Å². The second-order valence-electron chi connectivity index (χ2n) is 19.9. The van der Waals surface area contributed by atoms with Crippen LogP contribution in [0.25, 0.3) is 0 Å². The lowest BCUT2D eigenvalue weighted by molar-refractivity contribution is -0.167. The van der Waals surface area contributed by atoms with Crippen LogP contribution in [0.2, 0.25) is 0 Å². The molecule has 6 nitrogen and oxygen atoms in total. The van der Waals surface area contributed by atoms with E-state index in [0.29, 0.717) is 19.3 Å². The summed E-state index contributed by atoms with van der Waals surface area (Å²) < 4.78 is 16.8. The SMILES string of the molecule is CC/C=C\C/C=C\C/C=C\C/C=C\C/C=C\C/C=C\C/C=C\C/C=C\C/C=C\CCCC(=O)OCC(COC(=O)CCCCCCCCCC)OC(=O)CCCCCCCCC/C=C\C/C=C\C/C=C\C/C=C\C/C=C\CC. The number of esters is 3. The minimum atomic E-state index is -0.815. The van der Waals surface area contributed by atoms with Gasteiger partial charge in [-0.3, -0.25) is 14.4 Å². The fourth-order valence-electron chi connectivity index (χ4n) is 7.88. The predicted octanol–water partition coefficient (Wildman–Crippen LogP) is 21.5. The molecule has 0 amide bonds. The zero-order valence-corrected chi connectivity index (χ0v) is 49.9. The highest BCUT2D eigenvalue weighted by Crippen LogP contribution is 2.14. The normalized spacial score (nSPS) is 13.3. The first-order valence-corrected chi connectivity index (χ1v) is 31.1. The maximum Gasteiger partial charge on any atom is 0.306 e. The Kier molecular flexibility index (Phi) is 60.0. The van der Waals surface area contributed by atoms with E-state index in [1.165, 1.54) is 51.4 Å². The molecule has 0 bridgehead atoms. The predicted molar refractivity (Wildman–Crippen MR) is 338 cm³/mol. The Morgan fingerprint density at radius 1 is 0.269 bits per heavy atom. The third-order valence-corrected chi connectivity index (χ3v) is 12.5. The number of ether oxygens (including phenoxy) is 3. The number of allylic oxidation sites excluding steroid dienone is 28. The van der Waals surface area contributed by atoms with E-state index in [1.54, 1.807) is 0 Å². The summed E-state index contributed by atoms with van der Waals surface area (Å²) in [5.41, 5.74) is 0. The first-order chi connectivity index (χ1) is 38.5. The zero-order chi connectivity index (χ0) is 56.4. The molecule has 0 aliphatic heterocycles. The van der Waals surface area contributed by atoms with Gasteiger partial charge in [-0.05, 0) is 128 Å². The van der Waals surface area contributed by atoms with Crippen molar-refractivity contribution in [1.29, 1.82) is 0 Å². The van der Waals surface area contributed by atoms with Gasteiger partial charge in [0.15, 0.2) is 6.10 Å². The maximum atomic E-state index is 12.9. The molecular formula is C72H112O6. The average molecular weight is 1070 g/mol. The van der Waals surface area contributed by atoms with E-state index in [-0.39, 0.29) is 37.5 Å². The molecule has 0 heterocycles. The van der Waals surface area contributed by atoms with Gasteiger partial charge in [0.25, 0.3) is 0 Å². The average Bonchev–Trinajstić information content (AvgIpc) is 3.44. The van der Waals surface area contributed by atoms with E-state index < -0.39 is 6.10 Å². The first-order valence-electron chi connectivity index (χ1n) is 31.1. The molecule has 0 rings (SSSR count). The summed E-state index contributed by atoms with van der Waals surface area (Å²) in [4.78, 5) is 38.1. The van der Waals surface area contributed by atoms with Crippen molar-refractivity contribution in [3.05, 3.63) is 170 Å². The van der Waals surface area contributed by atoms with E-state index in [2.05, 4.69) is 191 Å². The first kappa shape index (κ1) is 72.8. The van der Waals surface area contributed by atoms with Crippen molar-refractivity contribution in [2.45, 2.75) is 252 Å². The highest BCUT2D eigenvalue weighted by molar-refractivity contribution is 5.71. The van der Waals surface area contributed by atoms with E-state index in [9.17, 15) is 14.4 Å². The molecular weight excluding hydrogens is 961 g/mol. The van der Waals surface area contributed by atoms with Crippen molar-refractivity contribution < 1.29 is 28.6 Å². The molecule has 0 fully saturated rings. The summed E-state index contributed by atoms with van der Waals surface area (Å²) in [7, 11) is 0. The molecule has 436 valence electrons. The maximum absolute atomic E-state index is 12.9. The number of carbonyl (C=O) groups is 3. The van der Waals surface area contributed by atoms with Crippen molar-refractivity contribution in [2.75, 3.05) is 13.2 Å². The summed E-state index contributed by atoms with van der Waals surface area (Å²) in [6.45, 7) is 6.31. The van der Waals surface area contributed by atoms with Crippen LogP contribution in [0.3, 0.4) is 0 Å². The van der Waals surface area contributed by atoms with Crippen LogP contribution >= 0.6 is 0 Å². The van der Waals surface area contributed by atoms with Gasteiger partial charge in [0.2, 0.25) is 0 Å². The van der Waals surface area contributed by atoms with Crippen molar-refractivity contribution in [1.82, 2.24) is 0 Å². The molecule has 0 aromatic carbocycles. The summed E-state index contributed by atoms with van der Waals surface area (Å²) in [5, 5.41) is 0. The van der Waals surface area contributed by atoms with Crippen LogP contribution < -0.4 is 0 Å². The van der Waals surface area contributed by atoms with Gasteiger partial charge in [-0.15, -0.1) is 0 Å². The molecule has 0 aromatic rings. The van der Waals surface area contributed by atoms with Crippen molar-refractivity contribution in [3.63, 3.8) is 0 Å². The quantitative estimate of drug-likeness (QED) is 0.0261. The molecule has 1 atom stereocenters. The molecule has 6 heteroatoms. The lowest BCUT2D eigenvalue weighted by atomic mass is 10.1. The largest absolute Gasteiger partial charge is 0.462 e. The standard InChI is InChI=1S/C72H112O6/c1-4-7-10-13-16-19-21-23-25-27-29-31-33-34-35-36-37-38-40-41-43-45-47-49-51-53-56-59-62-65-71(74)77-68-69(67-76-70(73)64-61-58-55-18-15-12-9-6-3)78-72(75)66-63-60-57-54-52-50-48-46-44-42-39-32-30-28-26-24-22-20-17-14-11-8-5-2/h7-8,10-11,16-17,19-20,23-26,29-32,34-35,37-38,41-44,47,49,53,56,69H,4-6,9,12-15,18,21-22,27-28,33,36,39-40,45-46,48,50-52,54-55,57-68H2,1-3H3/b10-7-,11-8-,19-16-,20-17-,25-23-,26-24-,31-29-,32-30-,35-34-,38-37-,43-41-,44-42-,49-47-,56-53-. The number of carbonyl (C=O) groups excluding carboxylic acids is 3. The number of hydrogen-bond donors (Lipinski definition) is 0. The second-order valence-corrected chi connectivity index (χ2v) is 19.9. The van der Waals surface area contributed by atoms with Crippen LogP contribution in [0.1, 0.15) is 245 Å². The second kappa shape index (κ2) is 64.3. The van der Waals surface area contributed by atoms with Gasteiger partial charge in [0.05, 0.1) is 0 Å². The lowest BCUT2D eigenvalue weighted by Gasteiger charge is -2.18. The van der Waals surface area contributed by atoms with Gasteiger partial charge in [0.1, 0.15) is 13.2 Å². The van der Waals surface area contributed by atoms with Crippen LogP contribution in [0.4, 0.5) is 0 Å².